The van der Waals surface area contributed by atoms with Crippen molar-refractivity contribution in [3.05, 3.63) is 89.1 Å². The summed E-state index contributed by atoms with van der Waals surface area (Å²) in [5, 5.41) is 21.2. The Morgan fingerprint density at radius 2 is 1.93 bits per heavy atom. The molecule has 1 atom stereocenters. The maximum Gasteiger partial charge on any atom is 0.422 e. The van der Waals surface area contributed by atoms with Gasteiger partial charge in [0.15, 0.2) is 0 Å². The summed E-state index contributed by atoms with van der Waals surface area (Å²) in [6, 6.07) is 15.8. The summed E-state index contributed by atoms with van der Waals surface area (Å²) in [6.07, 6.45) is -1.28. The van der Waals surface area contributed by atoms with E-state index < -0.39 is 18.3 Å². The number of aliphatic hydroxyl groups is 1. The highest BCUT2D eigenvalue weighted by Crippen LogP contribution is 2.44. The van der Waals surface area contributed by atoms with Crippen LogP contribution in [0.4, 0.5) is 13.2 Å². The largest absolute Gasteiger partial charge is 0.466 e. The van der Waals surface area contributed by atoms with Crippen LogP contribution in [-0.4, -0.2) is 56.0 Å². The van der Waals surface area contributed by atoms with E-state index in [-0.39, 0.29) is 43.0 Å². The van der Waals surface area contributed by atoms with Crippen LogP contribution in [0.15, 0.2) is 60.9 Å². The molecule has 1 N–H and O–H groups in total. The number of aromatic nitrogens is 3. The molecular weight excluding hydrogens is 535 g/mol. The van der Waals surface area contributed by atoms with Gasteiger partial charge < -0.3 is 19.0 Å². The van der Waals surface area contributed by atoms with Gasteiger partial charge in [-0.2, -0.15) is 18.4 Å². The molecule has 0 spiro atoms. The van der Waals surface area contributed by atoms with Crippen LogP contribution in [0.2, 0.25) is 0 Å². The predicted molar refractivity (Wildman–Crippen MR) is 145 cm³/mol. The smallest absolute Gasteiger partial charge is 0.422 e. The van der Waals surface area contributed by atoms with Gasteiger partial charge in [0.2, 0.25) is 5.60 Å². The number of β-amino-alcohol motifs (C(OH)–C–C–N with tert-alkyl or cyclic N) is 1. The lowest BCUT2D eigenvalue weighted by Crippen LogP contribution is -2.52. The Bertz CT molecular complexity index is 1590. The number of imidazole rings is 1. The molecule has 214 valence electrons. The van der Waals surface area contributed by atoms with E-state index in [4.69, 9.17) is 4.74 Å². The third-order valence-corrected chi connectivity index (χ3v) is 7.40. The quantitative estimate of drug-likeness (QED) is 0.300. The van der Waals surface area contributed by atoms with Gasteiger partial charge in [-0.25, -0.2) is 4.98 Å². The van der Waals surface area contributed by atoms with Crippen LogP contribution in [0.25, 0.3) is 10.9 Å². The highest BCUT2D eigenvalue weighted by atomic mass is 19.4. The number of fused-ring (bicyclic) bond motifs is 2. The molecule has 2 aromatic carbocycles. The highest BCUT2D eigenvalue weighted by Gasteiger charge is 2.57. The van der Waals surface area contributed by atoms with Gasteiger partial charge in [0.1, 0.15) is 5.82 Å². The third-order valence-electron chi connectivity index (χ3n) is 7.40. The van der Waals surface area contributed by atoms with Gasteiger partial charge in [-0.1, -0.05) is 36.4 Å². The van der Waals surface area contributed by atoms with E-state index in [1.54, 1.807) is 22.5 Å². The van der Waals surface area contributed by atoms with Crippen LogP contribution in [0.3, 0.4) is 0 Å². The van der Waals surface area contributed by atoms with E-state index in [2.05, 4.69) is 4.98 Å². The lowest BCUT2D eigenvalue weighted by Gasteiger charge is -2.37. The molecular formula is C30H30F3N5O3. The maximum atomic E-state index is 14.8. The average molecular weight is 566 g/mol. The number of hydrogen-bond acceptors (Lipinski definition) is 6. The lowest BCUT2D eigenvalue weighted by atomic mass is 9.91. The third kappa shape index (κ3) is 5.85. The van der Waals surface area contributed by atoms with Gasteiger partial charge >= 0.3 is 12.1 Å². The molecule has 11 heteroatoms. The number of rotatable bonds is 9. The molecule has 1 aliphatic heterocycles. The SMILES string of the molecule is CCOC(=O)CCc1cn2c(n1)CN(CC(O)(c1cn(Cc3ccccc3)c3cc(C#N)ccc13)C(F)(F)F)CC2. The normalized spacial score (nSPS) is 15.3. The number of nitriles is 1. The van der Waals surface area contributed by atoms with E-state index in [1.165, 1.54) is 18.3 Å². The Kier molecular flexibility index (Phi) is 7.89. The van der Waals surface area contributed by atoms with Gasteiger partial charge in [-0.15, -0.1) is 0 Å². The summed E-state index contributed by atoms with van der Waals surface area (Å²) in [6.45, 7) is 2.40. The average Bonchev–Trinajstić information content (AvgIpc) is 3.52. The number of halogens is 3. The fourth-order valence-corrected chi connectivity index (χ4v) is 5.33. The Labute approximate surface area is 235 Å². The summed E-state index contributed by atoms with van der Waals surface area (Å²) in [5.74, 6) is 0.244. The van der Waals surface area contributed by atoms with E-state index in [0.717, 1.165) is 5.56 Å². The predicted octanol–water partition coefficient (Wildman–Crippen LogP) is 4.52. The molecule has 0 bridgehead atoms. The topological polar surface area (TPSA) is 96.3 Å². The second kappa shape index (κ2) is 11.4. The minimum absolute atomic E-state index is 0.110. The van der Waals surface area contributed by atoms with Crippen molar-refractivity contribution in [2.45, 2.75) is 51.2 Å². The molecule has 0 aliphatic carbocycles. The van der Waals surface area contributed by atoms with Crippen LogP contribution in [0.5, 0.6) is 0 Å². The molecule has 41 heavy (non-hydrogen) atoms. The molecule has 0 saturated heterocycles. The minimum Gasteiger partial charge on any atom is -0.466 e. The Morgan fingerprint density at radius 3 is 2.63 bits per heavy atom. The molecule has 0 radical (unpaired) electrons. The first-order valence-corrected chi connectivity index (χ1v) is 13.4. The summed E-state index contributed by atoms with van der Waals surface area (Å²) in [7, 11) is 0. The number of alkyl halides is 3. The van der Waals surface area contributed by atoms with Crippen LogP contribution in [0.1, 0.15) is 41.6 Å². The van der Waals surface area contributed by atoms with Gasteiger partial charge in [0.05, 0.1) is 42.4 Å². The number of benzene rings is 2. The molecule has 4 aromatic rings. The number of aryl methyl sites for hydroxylation is 1. The molecule has 2 aromatic heterocycles. The lowest BCUT2D eigenvalue weighted by molar-refractivity contribution is -0.272. The molecule has 3 heterocycles. The molecule has 1 aliphatic rings. The summed E-state index contributed by atoms with van der Waals surface area (Å²) in [5.41, 5.74) is -1.15. The first-order chi connectivity index (χ1) is 19.6. The van der Waals surface area contributed by atoms with Crippen molar-refractivity contribution in [3.8, 4) is 6.07 Å². The fourth-order valence-electron chi connectivity index (χ4n) is 5.33. The first-order valence-electron chi connectivity index (χ1n) is 13.4. The number of carbonyl (C=O) groups is 1. The monoisotopic (exact) mass is 565 g/mol. The second-order valence-electron chi connectivity index (χ2n) is 10.2. The zero-order valence-corrected chi connectivity index (χ0v) is 22.6. The molecule has 5 rings (SSSR count). The van der Waals surface area contributed by atoms with Crippen molar-refractivity contribution in [1.82, 2.24) is 19.0 Å². The number of ether oxygens (including phenoxy) is 1. The zero-order chi connectivity index (χ0) is 29.2. The number of carbonyl (C=O) groups excluding carboxylic acids is 1. The molecule has 8 nitrogen and oxygen atoms in total. The van der Waals surface area contributed by atoms with E-state index in [1.807, 2.05) is 47.2 Å². The van der Waals surface area contributed by atoms with E-state index in [9.17, 15) is 28.3 Å². The Morgan fingerprint density at radius 1 is 1.15 bits per heavy atom. The summed E-state index contributed by atoms with van der Waals surface area (Å²) < 4.78 is 52.9. The summed E-state index contributed by atoms with van der Waals surface area (Å²) in [4.78, 5) is 17.8. The Hall–Kier alpha value is -4.14. The number of esters is 1. The number of hydrogen-bond donors (Lipinski definition) is 1. The summed E-state index contributed by atoms with van der Waals surface area (Å²) >= 11 is 0. The minimum atomic E-state index is -4.98. The standard InChI is InChI=1S/C30H30F3N5O3/c1-2-41-28(39)11-9-23-17-37-13-12-36(19-27(37)35-23)20-29(40,30(31,32)33)25-18-38(16-21-6-4-3-5-7-21)26-14-22(15-34)8-10-24(25)26/h3-8,10,14,17-18,40H,2,9,11-13,16,19-20H2,1H3. The van der Waals surface area contributed by atoms with Gasteiger partial charge in [0.25, 0.3) is 0 Å². The van der Waals surface area contributed by atoms with Crippen molar-refractivity contribution >= 4 is 16.9 Å². The zero-order valence-electron chi connectivity index (χ0n) is 22.6. The van der Waals surface area contributed by atoms with E-state index in [0.29, 0.717) is 42.2 Å². The number of nitrogens with zero attached hydrogens (tertiary/aromatic N) is 5. The maximum absolute atomic E-state index is 14.8. The molecule has 0 fully saturated rings. The Balaban J connectivity index is 1.45. The van der Waals surface area contributed by atoms with Crippen LogP contribution in [0, 0.1) is 11.3 Å². The van der Waals surface area contributed by atoms with Crippen molar-refractivity contribution in [1.29, 1.82) is 5.26 Å². The van der Waals surface area contributed by atoms with Crippen molar-refractivity contribution in [2.24, 2.45) is 0 Å². The van der Waals surface area contributed by atoms with Crippen molar-refractivity contribution in [2.75, 3.05) is 19.7 Å². The first kappa shape index (κ1) is 28.4. The molecule has 0 saturated carbocycles. The fraction of sp³-hybridized carbons (Fsp3) is 0.367. The van der Waals surface area contributed by atoms with Crippen molar-refractivity contribution < 1.29 is 27.8 Å². The second-order valence-corrected chi connectivity index (χ2v) is 10.2. The van der Waals surface area contributed by atoms with E-state index >= 15 is 0 Å². The van der Waals surface area contributed by atoms with Crippen LogP contribution >= 0.6 is 0 Å². The highest BCUT2D eigenvalue weighted by molar-refractivity contribution is 5.86. The van der Waals surface area contributed by atoms with Gasteiger partial charge in [-0.05, 0) is 24.6 Å². The molecule has 1 unspecified atom stereocenters. The van der Waals surface area contributed by atoms with Gasteiger partial charge in [-0.3, -0.25) is 9.69 Å². The van der Waals surface area contributed by atoms with Crippen molar-refractivity contribution in [3.63, 3.8) is 0 Å². The van der Waals surface area contributed by atoms with Crippen LogP contribution < -0.4 is 0 Å². The van der Waals surface area contributed by atoms with Crippen LogP contribution in [-0.2, 0) is 41.2 Å². The van der Waals surface area contributed by atoms with Gasteiger partial charge in [0, 0.05) is 55.9 Å². The molecule has 0 amide bonds.